The molecule has 0 spiro atoms. The molecule has 0 saturated carbocycles. The summed E-state index contributed by atoms with van der Waals surface area (Å²) < 4.78 is 19.5. The van der Waals surface area contributed by atoms with E-state index in [2.05, 4.69) is 31.3 Å². The van der Waals surface area contributed by atoms with E-state index in [0.29, 0.717) is 49.8 Å². The summed E-state index contributed by atoms with van der Waals surface area (Å²) >= 11 is 15.7. The molecule has 0 amide bonds. The Labute approximate surface area is 221 Å². The summed E-state index contributed by atoms with van der Waals surface area (Å²) in [5.74, 6) is 1.09. The van der Waals surface area contributed by atoms with Gasteiger partial charge in [-0.2, -0.15) is 10.1 Å². The molecule has 11 heteroatoms. The Morgan fingerprint density at radius 3 is 2.74 bits per heavy atom. The minimum Gasteiger partial charge on any atom is -0.493 e. The second kappa shape index (κ2) is 10.9. The van der Waals surface area contributed by atoms with Crippen molar-refractivity contribution in [1.82, 2.24) is 14.8 Å². The summed E-state index contributed by atoms with van der Waals surface area (Å²) in [7, 11) is 1.55. The number of allylic oxidation sites excluding steroid dienone is 1. The molecular formula is C24H23BrCl2N4O4. The number of carbonyl (C=O) groups is 1. The predicted octanol–water partition coefficient (Wildman–Crippen LogP) is 6.18. The lowest BCUT2D eigenvalue weighted by Gasteiger charge is -2.29. The Morgan fingerprint density at radius 1 is 1.23 bits per heavy atom. The fourth-order valence-corrected chi connectivity index (χ4v) is 4.65. The summed E-state index contributed by atoms with van der Waals surface area (Å²) in [4.78, 5) is 17.3. The molecule has 0 radical (unpaired) electrons. The summed E-state index contributed by atoms with van der Waals surface area (Å²) in [6.45, 7) is 4.33. The summed E-state index contributed by atoms with van der Waals surface area (Å²) in [6, 6.07) is 8.42. The highest BCUT2D eigenvalue weighted by Crippen LogP contribution is 2.43. The van der Waals surface area contributed by atoms with Gasteiger partial charge in [0.25, 0.3) is 0 Å². The van der Waals surface area contributed by atoms with Crippen LogP contribution in [0.4, 0.5) is 5.95 Å². The third-order valence-corrected chi connectivity index (χ3v) is 6.71. The Hall–Kier alpha value is -2.75. The molecule has 3 aromatic rings. The zero-order valence-electron chi connectivity index (χ0n) is 19.3. The normalized spacial score (nSPS) is 14.9. The summed E-state index contributed by atoms with van der Waals surface area (Å²) in [6.07, 6.45) is 2.15. The fourth-order valence-electron chi connectivity index (χ4n) is 3.76. The van der Waals surface area contributed by atoms with E-state index in [9.17, 15) is 4.79 Å². The zero-order valence-corrected chi connectivity index (χ0v) is 22.4. The Kier molecular flexibility index (Phi) is 7.88. The maximum atomic E-state index is 13.0. The first-order chi connectivity index (χ1) is 16.8. The maximum absolute atomic E-state index is 13.0. The Balaban J connectivity index is 1.71. The van der Waals surface area contributed by atoms with Crippen molar-refractivity contribution in [2.24, 2.45) is 0 Å². The van der Waals surface area contributed by atoms with E-state index >= 15 is 0 Å². The Morgan fingerprint density at radius 2 is 2.03 bits per heavy atom. The van der Waals surface area contributed by atoms with E-state index in [-0.39, 0.29) is 6.61 Å². The van der Waals surface area contributed by atoms with Crippen molar-refractivity contribution in [1.29, 1.82) is 0 Å². The van der Waals surface area contributed by atoms with Gasteiger partial charge >= 0.3 is 5.97 Å². The van der Waals surface area contributed by atoms with Gasteiger partial charge in [-0.25, -0.2) is 9.48 Å². The number of nitrogens with zero attached hydrogens (tertiary/aromatic N) is 3. The molecule has 184 valence electrons. The van der Waals surface area contributed by atoms with Crippen LogP contribution in [0.15, 0.2) is 52.4 Å². The molecule has 35 heavy (non-hydrogen) atoms. The van der Waals surface area contributed by atoms with Crippen LogP contribution in [0.25, 0.3) is 0 Å². The minimum atomic E-state index is -0.576. The standard InChI is InChI=1S/C24H23BrCl2N4O4/c1-4-7-34-23(32)20-13(2)30-24-28-12-29-31(24)21(20)15-9-16(25)22(19(10-15)33-3)35-11-14-5-6-17(26)18(27)8-14/h5-6,8-10,12,21H,4,7,11H2,1-3H3,(H,28,29,30). The van der Waals surface area contributed by atoms with E-state index < -0.39 is 12.0 Å². The van der Waals surface area contributed by atoms with Crippen molar-refractivity contribution in [2.45, 2.75) is 32.9 Å². The number of benzene rings is 2. The van der Waals surface area contributed by atoms with Crippen molar-refractivity contribution >= 4 is 51.0 Å². The second-order valence-electron chi connectivity index (χ2n) is 7.80. The molecule has 0 saturated heterocycles. The van der Waals surface area contributed by atoms with Crippen LogP contribution in [0, 0.1) is 0 Å². The molecule has 4 rings (SSSR count). The third kappa shape index (κ3) is 5.27. The van der Waals surface area contributed by atoms with Crippen molar-refractivity contribution < 1.29 is 19.0 Å². The molecule has 1 aromatic heterocycles. The number of hydrogen-bond donors (Lipinski definition) is 1. The summed E-state index contributed by atoms with van der Waals surface area (Å²) in [5.41, 5.74) is 2.68. The SMILES string of the molecule is CCCOC(=O)C1=C(C)Nc2ncnn2C1c1cc(Br)c(OCc2ccc(Cl)c(Cl)c2)c(OC)c1. The van der Waals surface area contributed by atoms with E-state index in [1.165, 1.54) is 6.33 Å². The Bertz CT molecular complexity index is 1290. The van der Waals surface area contributed by atoms with Crippen molar-refractivity contribution in [2.75, 3.05) is 19.0 Å². The van der Waals surface area contributed by atoms with Crippen LogP contribution in [0.2, 0.25) is 10.0 Å². The molecule has 1 N–H and O–H groups in total. The number of carbonyl (C=O) groups excluding carboxylic acids is 1. The lowest BCUT2D eigenvalue weighted by Crippen LogP contribution is -2.29. The van der Waals surface area contributed by atoms with Crippen LogP contribution in [0.1, 0.15) is 37.4 Å². The first-order valence-corrected chi connectivity index (χ1v) is 12.4. The van der Waals surface area contributed by atoms with Gasteiger partial charge < -0.3 is 19.5 Å². The van der Waals surface area contributed by atoms with Gasteiger partial charge in [0.2, 0.25) is 5.95 Å². The number of fused-ring (bicyclic) bond motifs is 1. The number of esters is 1. The van der Waals surface area contributed by atoms with Crippen LogP contribution in [-0.4, -0.2) is 34.5 Å². The second-order valence-corrected chi connectivity index (χ2v) is 9.47. The average Bonchev–Trinajstić information content (AvgIpc) is 3.30. The monoisotopic (exact) mass is 580 g/mol. The number of anilines is 1. The predicted molar refractivity (Wildman–Crippen MR) is 137 cm³/mol. The topological polar surface area (TPSA) is 87.5 Å². The van der Waals surface area contributed by atoms with E-state index in [4.69, 9.17) is 37.4 Å². The van der Waals surface area contributed by atoms with Gasteiger partial charge in [-0.15, -0.1) is 0 Å². The molecule has 1 aliphatic heterocycles. The van der Waals surface area contributed by atoms with Gasteiger partial charge in [-0.1, -0.05) is 36.2 Å². The average molecular weight is 582 g/mol. The molecule has 0 fully saturated rings. The van der Waals surface area contributed by atoms with Crippen LogP contribution in [0.3, 0.4) is 0 Å². The van der Waals surface area contributed by atoms with Crippen LogP contribution < -0.4 is 14.8 Å². The minimum absolute atomic E-state index is 0.249. The fraction of sp³-hybridized carbons (Fsp3) is 0.292. The van der Waals surface area contributed by atoms with Crippen molar-refractivity contribution in [3.8, 4) is 11.5 Å². The number of methoxy groups -OCH3 is 1. The molecule has 8 nitrogen and oxygen atoms in total. The quantitative estimate of drug-likeness (QED) is 0.318. The van der Waals surface area contributed by atoms with E-state index in [0.717, 1.165) is 17.5 Å². The highest BCUT2D eigenvalue weighted by atomic mass is 79.9. The number of halogens is 3. The van der Waals surface area contributed by atoms with Crippen LogP contribution in [0.5, 0.6) is 11.5 Å². The number of aromatic nitrogens is 3. The smallest absolute Gasteiger partial charge is 0.338 e. The molecule has 2 aromatic carbocycles. The number of rotatable bonds is 8. The van der Waals surface area contributed by atoms with Crippen LogP contribution >= 0.6 is 39.1 Å². The van der Waals surface area contributed by atoms with E-state index in [1.807, 2.05) is 32.0 Å². The largest absolute Gasteiger partial charge is 0.493 e. The van der Waals surface area contributed by atoms with Gasteiger partial charge in [0.05, 0.1) is 33.8 Å². The van der Waals surface area contributed by atoms with Crippen molar-refractivity contribution in [3.63, 3.8) is 0 Å². The van der Waals surface area contributed by atoms with Crippen molar-refractivity contribution in [3.05, 3.63) is 73.6 Å². The molecule has 2 heterocycles. The highest BCUT2D eigenvalue weighted by Gasteiger charge is 2.35. The van der Waals surface area contributed by atoms with Crippen LogP contribution in [-0.2, 0) is 16.1 Å². The van der Waals surface area contributed by atoms with Gasteiger partial charge in [-0.3, -0.25) is 0 Å². The molecule has 1 unspecified atom stereocenters. The van der Waals surface area contributed by atoms with E-state index in [1.54, 1.807) is 23.9 Å². The molecular weight excluding hydrogens is 559 g/mol. The first kappa shape index (κ1) is 25.3. The zero-order chi connectivity index (χ0) is 25.1. The third-order valence-electron chi connectivity index (χ3n) is 5.39. The van der Waals surface area contributed by atoms with Gasteiger partial charge in [-0.05, 0) is 64.7 Å². The van der Waals surface area contributed by atoms with Gasteiger partial charge in [0.1, 0.15) is 19.0 Å². The molecule has 0 aliphatic carbocycles. The van der Waals surface area contributed by atoms with Gasteiger partial charge in [0.15, 0.2) is 11.5 Å². The molecule has 1 aliphatic rings. The summed E-state index contributed by atoms with van der Waals surface area (Å²) in [5, 5.41) is 8.41. The number of ether oxygens (including phenoxy) is 3. The number of hydrogen-bond acceptors (Lipinski definition) is 7. The molecule has 1 atom stereocenters. The number of nitrogens with one attached hydrogen (secondary N) is 1. The maximum Gasteiger partial charge on any atom is 0.338 e. The van der Waals surface area contributed by atoms with Gasteiger partial charge in [0, 0.05) is 5.70 Å². The lowest BCUT2D eigenvalue weighted by atomic mass is 9.95. The highest BCUT2D eigenvalue weighted by molar-refractivity contribution is 9.10. The molecule has 0 bridgehead atoms. The first-order valence-electron chi connectivity index (χ1n) is 10.8. The lowest BCUT2D eigenvalue weighted by molar-refractivity contribution is -0.139.